The third-order valence-corrected chi connectivity index (χ3v) is 4.90. The van der Waals surface area contributed by atoms with E-state index >= 15 is 0 Å². The molecule has 6 nitrogen and oxygen atoms in total. The number of fused-ring (bicyclic) bond motifs is 1. The van der Waals surface area contributed by atoms with E-state index in [9.17, 15) is 14.4 Å². The Balaban J connectivity index is 1.50. The molecule has 2 saturated heterocycles. The van der Waals surface area contributed by atoms with Crippen LogP contribution in [0.25, 0.3) is 0 Å². The summed E-state index contributed by atoms with van der Waals surface area (Å²) >= 11 is 0. The molecule has 132 valence electrons. The molecule has 0 unspecified atom stereocenters. The quantitative estimate of drug-likeness (QED) is 0.796. The summed E-state index contributed by atoms with van der Waals surface area (Å²) in [5.74, 6) is -0.337. The van der Waals surface area contributed by atoms with E-state index in [-0.39, 0.29) is 30.9 Å². The minimum absolute atomic E-state index is 0.105. The second-order valence-corrected chi connectivity index (χ2v) is 6.52. The number of carbonyl (C=O) groups is 3. The minimum Gasteiger partial charge on any atom is -0.334 e. The first-order valence-electron chi connectivity index (χ1n) is 8.65. The number of imide groups is 1. The molecule has 2 aliphatic heterocycles. The topological polar surface area (TPSA) is 60.9 Å². The predicted octanol–water partition coefficient (Wildman–Crippen LogP) is 1.98. The first-order chi connectivity index (χ1) is 12.6. The van der Waals surface area contributed by atoms with Gasteiger partial charge in [0.05, 0.1) is 13.1 Å². The summed E-state index contributed by atoms with van der Waals surface area (Å²) < 4.78 is 0. The standard InChI is InChI=1S/C20H19N3O3/c24-18(16-9-5-2-6-10-16)21-11-12-22-17(14-21)19(25)23(20(22)26)13-15-7-3-1-4-8-15/h1-10,17H,11-14H2/t17-/m0/s1. The third-order valence-electron chi connectivity index (χ3n) is 4.90. The van der Waals surface area contributed by atoms with Crippen molar-refractivity contribution in [2.75, 3.05) is 19.6 Å². The Labute approximate surface area is 151 Å². The lowest BCUT2D eigenvalue weighted by Gasteiger charge is -2.35. The normalized spacial score (nSPS) is 19.7. The van der Waals surface area contributed by atoms with Crippen molar-refractivity contribution in [2.45, 2.75) is 12.6 Å². The monoisotopic (exact) mass is 349 g/mol. The fourth-order valence-corrected chi connectivity index (χ4v) is 3.51. The van der Waals surface area contributed by atoms with Crippen molar-refractivity contribution in [1.29, 1.82) is 0 Å². The van der Waals surface area contributed by atoms with Crippen molar-refractivity contribution in [1.82, 2.24) is 14.7 Å². The summed E-state index contributed by atoms with van der Waals surface area (Å²) in [6, 6.07) is 17.6. The molecular weight excluding hydrogens is 330 g/mol. The van der Waals surface area contributed by atoms with Gasteiger partial charge in [-0.1, -0.05) is 48.5 Å². The molecule has 0 bridgehead atoms. The Morgan fingerprint density at radius 2 is 1.58 bits per heavy atom. The van der Waals surface area contributed by atoms with E-state index in [4.69, 9.17) is 0 Å². The van der Waals surface area contributed by atoms with Crippen molar-refractivity contribution in [3.8, 4) is 0 Å². The summed E-state index contributed by atoms with van der Waals surface area (Å²) in [7, 11) is 0. The SMILES string of the molecule is O=C(c1ccccc1)N1CCN2C(=O)N(Cc3ccccc3)C(=O)[C@@H]2C1. The maximum atomic E-state index is 12.8. The zero-order chi connectivity index (χ0) is 18.1. The van der Waals surface area contributed by atoms with E-state index in [2.05, 4.69) is 0 Å². The molecule has 2 fully saturated rings. The molecule has 0 saturated carbocycles. The van der Waals surface area contributed by atoms with Crippen molar-refractivity contribution in [3.63, 3.8) is 0 Å². The van der Waals surface area contributed by atoms with E-state index in [1.807, 2.05) is 48.5 Å². The first kappa shape index (κ1) is 16.3. The van der Waals surface area contributed by atoms with Gasteiger partial charge in [-0.2, -0.15) is 0 Å². The summed E-state index contributed by atoms with van der Waals surface area (Å²) in [6.07, 6.45) is 0. The fourth-order valence-electron chi connectivity index (χ4n) is 3.51. The van der Waals surface area contributed by atoms with Crippen LogP contribution < -0.4 is 0 Å². The zero-order valence-electron chi connectivity index (χ0n) is 14.2. The highest BCUT2D eigenvalue weighted by atomic mass is 16.2. The van der Waals surface area contributed by atoms with Crippen LogP contribution in [0.4, 0.5) is 4.79 Å². The van der Waals surface area contributed by atoms with Crippen LogP contribution in [0.3, 0.4) is 0 Å². The van der Waals surface area contributed by atoms with Crippen molar-refractivity contribution < 1.29 is 14.4 Å². The number of amides is 4. The highest BCUT2D eigenvalue weighted by molar-refractivity contribution is 6.05. The Kier molecular flexibility index (Phi) is 4.16. The molecule has 26 heavy (non-hydrogen) atoms. The predicted molar refractivity (Wildman–Crippen MR) is 95.2 cm³/mol. The zero-order valence-corrected chi connectivity index (χ0v) is 14.2. The molecule has 0 aliphatic carbocycles. The lowest BCUT2D eigenvalue weighted by Crippen LogP contribution is -2.54. The van der Waals surface area contributed by atoms with Crippen LogP contribution in [-0.2, 0) is 11.3 Å². The maximum Gasteiger partial charge on any atom is 0.327 e. The van der Waals surface area contributed by atoms with Crippen molar-refractivity contribution in [3.05, 3.63) is 71.8 Å². The van der Waals surface area contributed by atoms with Gasteiger partial charge in [0, 0.05) is 18.7 Å². The second-order valence-electron chi connectivity index (χ2n) is 6.52. The largest absolute Gasteiger partial charge is 0.334 e. The van der Waals surface area contributed by atoms with Gasteiger partial charge in [0.2, 0.25) is 0 Å². The number of urea groups is 1. The average molecular weight is 349 g/mol. The van der Waals surface area contributed by atoms with Gasteiger partial charge in [-0.15, -0.1) is 0 Å². The third kappa shape index (κ3) is 2.83. The van der Waals surface area contributed by atoms with Gasteiger partial charge in [-0.05, 0) is 17.7 Å². The van der Waals surface area contributed by atoms with Crippen LogP contribution in [0, 0.1) is 0 Å². The van der Waals surface area contributed by atoms with Crippen LogP contribution >= 0.6 is 0 Å². The van der Waals surface area contributed by atoms with Crippen LogP contribution in [0.5, 0.6) is 0 Å². The highest BCUT2D eigenvalue weighted by Crippen LogP contribution is 2.24. The molecule has 2 aromatic rings. The summed E-state index contributed by atoms with van der Waals surface area (Å²) in [4.78, 5) is 42.6. The number of rotatable bonds is 3. The van der Waals surface area contributed by atoms with Gasteiger partial charge in [0.15, 0.2) is 0 Å². The molecule has 2 aromatic carbocycles. The number of nitrogens with zero attached hydrogens (tertiary/aromatic N) is 3. The van der Waals surface area contributed by atoms with Crippen LogP contribution in [0.2, 0.25) is 0 Å². The van der Waals surface area contributed by atoms with Crippen LogP contribution in [0.15, 0.2) is 60.7 Å². The van der Waals surface area contributed by atoms with Gasteiger partial charge in [0.1, 0.15) is 6.04 Å². The van der Waals surface area contributed by atoms with E-state index in [1.165, 1.54) is 4.90 Å². The lowest BCUT2D eigenvalue weighted by molar-refractivity contribution is -0.129. The second kappa shape index (κ2) is 6.63. The molecule has 0 N–H and O–H groups in total. The van der Waals surface area contributed by atoms with Crippen LogP contribution in [-0.4, -0.2) is 58.2 Å². The molecule has 6 heteroatoms. The minimum atomic E-state index is -0.590. The number of benzene rings is 2. The van der Waals surface area contributed by atoms with E-state index < -0.39 is 6.04 Å². The van der Waals surface area contributed by atoms with E-state index in [1.54, 1.807) is 21.9 Å². The number of hydrogen-bond donors (Lipinski definition) is 0. The molecular formula is C20H19N3O3. The molecule has 0 spiro atoms. The molecule has 0 radical (unpaired) electrons. The summed E-state index contributed by atoms with van der Waals surface area (Å²) in [5, 5.41) is 0. The first-order valence-corrected chi connectivity index (χ1v) is 8.65. The average Bonchev–Trinajstić information content (AvgIpc) is 2.93. The molecule has 4 rings (SSSR count). The number of carbonyl (C=O) groups excluding carboxylic acids is 3. The van der Waals surface area contributed by atoms with Gasteiger partial charge in [0.25, 0.3) is 11.8 Å². The van der Waals surface area contributed by atoms with E-state index in [0.717, 1.165) is 5.56 Å². The van der Waals surface area contributed by atoms with Gasteiger partial charge < -0.3 is 9.80 Å². The Morgan fingerprint density at radius 1 is 0.923 bits per heavy atom. The fraction of sp³-hybridized carbons (Fsp3) is 0.250. The summed E-state index contributed by atoms with van der Waals surface area (Å²) in [6.45, 7) is 1.31. The van der Waals surface area contributed by atoms with Gasteiger partial charge in [-0.3, -0.25) is 14.5 Å². The molecule has 2 heterocycles. The maximum absolute atomic E-state index is 12.8. The molecule has 1 atom stereocenters. The molecule has 4 amide bonds. The Hall–Kier alpha value is -3.15. The molecule has 2 aliphatic rings. The smallest absolute Gasteiger partial charge is 0.327 e. The van der Waals surface area contributed by atoms with Gasteiger partial charge in [-0.25, -0.2) is 4.79 Å². The van der Waals surface area contributed by atoms with Crippen LogP contribution in [0.1, 0.15) is 15.9 Å². The van der Waals surface area contributed by atoms with Crippen molar-refractivity contribution in [2.24, 2.45) is 0 Å². The van der Waals surface area contributed by atoms with Crippen molar-refractivity contribution >= 4 is 17.8 Å². The van der Waals surface area contributed by atoms with Gasteiger partial charge >= 0.3 is 6.03 Å². The lowest BCUT2D eigenvalue weighted by atomic mass is 10.1. The Bertz CT molecular complexity index is 838. The summed E-state index contributed by atoms with van der Waals surface area (Å²) in [5.41, 5.74) is 1.50. The highest BCUT2D eigenvalue weighted by Gasteiger charge is 2.48. The number of piperazine rings is 1. The van der Waals surface area contributed by atoms with E-state index in [0.29, 0.717) is 18.7 Å². The Morgan fingerprint density at radius 3 is 2.27 bits per heavy atom. The number of hydrogen-bond acceptors (Lipinski definition) is 3. The molecule has 0 aromatic heterocycles.